The van der Waals surface area contributed by atoms with Crippen LogP contribution in [0.15, 0.2) is 47.8 Å². The number of rotatable bonds is 5. The largest absolute Gasteiger partial charge is 0.481 e. The van der Waals surface area contributed by atoms with Gasteiger partial charge in [0.2, 0.25) is 5.88 Å². The monoisotopic (exact) mass is 381 g/mol. The van der Waals surface area contributed by atoms with Gasteiger partial charge in [0, 0.05) is 41.5 Å². The van der Waals surface area contributed by atoms with E-state index in [0.29, 0.717) is 5.88 Å². The maximum absolute atomic E-state index is 12.5. The number of benzene rings is 1. The number of methoxy groups -OCH3 is 1. The van der Waals surface area contributed by atoms with Crippen molar-refractivity contribution in [1.29, 1.82) is 0 Å². The molecule has 0 saturated carbocycles. The van der Waals surface area contributed by atoms with E-state index in [2.05, 4.69) is 31.3 Å². The summed E-state index contributed by atoms with van der Waals surface area (Å²) in [7, 11) is 1.59. The zero-order chi connectivity index (χ0) is 18.6. The Morgan fingerprint density at radius 1 is 1.22 bits per heavy atom. The van der Waals surface area contributed by atoms with E-state index in [-0.39, 0.29) is 6.03 Å². The number of aryl methyl sites for hydroxylation is 1. The van der Waals surface area contributed by atoms with Crippen LogP contribution in [0.2, 0.25) is 0 Å². The maximum Gasteiger partial charge on any atom is 0.329 e. The Labute approximate surface area is 161 Å². The Morgan fingerprint density at radius 2 is 2.15 bits per heavy atom. The first kappa shape index (κ1) is 17.4. The lowest BCUT2D eigenvalue weighted by Gasteiger charge is -2.16. The number of carbonyl (C=O) groups is 1. The highest BCUT2D eigenvalue weighted by Crippen LogP contribution is 2.37. The standard InChI is InChI=1S/C19H19N5O2S/c1-26-16-8-6-13(11-20-16)15-7-5-12-3-2-4-14(12)18(15)22-19(25)24-27-17-9-10-21-23-17/h5-11H,2-4H2,1H3,(H,21,23)(H2,22,24,25). The van der Waals surface area contributed by atoms with E-state index in [1.807, 2.05) is 18.2 Å². The van der Waals surface area contributed by atoms with Gasteiger partial charge in [0.15, 0.2) is 0 Å². The first-order chi connectivity index (χ1) is 13.2. The molecule has 27 heavy (non-hydrogen) atoms. The third-order valence-corrected chi connectivity index (χ3v) is 5.24. The highest BCUT2D eigenvalue weighted by molar-refractivity contribution is 7.97. The number of pyridine rings is 1. The van der Waals surface area contributed by atoms with Crippen LogP contribution >= 0.6 is 11.9 Å². The fourth-order valence-electron chi connectivity index (χ4n) is 3.25. The average molecular weight is 381 g/mol. The first-order valence-electron chi connectivity index (χ1n) is 8.63. The molecule has 0 bridgehead atoms. The topological polar surface area (TPSA) is 91.9 Å². The van der Waals surface area contributed by atoms with Crippen LogP contribution in [0.1, 0.15) is 17.5 Å². The third-order valence-electron chi connectivity index (χ3n) is 4.51. The molecule has 138 valence electrons. The fourth-order valence-corrected chi connectivity index (χ4v) is 3.73. The number of aromatic nitrogens is 3. The van der Waals surface area contributed by atoms with Crippen molar-refractivity contribution < 1.29 is 9.53 Å². The minimum atomic E-state index is -0.280. The van der Waals surface area contributed by atoms with Gasteiger partial charge in [-0.15, -0.1) is 0 Å². The number of amides is 2. The van der Waals surface area contributed by atoms with Crippen molar-refractivity contribution in [2.24, 2.45) is 0 Å². The molecular formula is C19H19N5O2S. The van der Waals surface area contributed by atoms with Crippen molar-refractivity contribution >= 4 is 23.7 Å². The van der Waals surface area contributed by atoms with E-state index in [1.165, 1.54) is 23.1 Å². The van der Waals surface area contributed by atoms with Crippen molar-refractivity contribution in [2.75, 3.05) is 12.4 Å². The molecule has 7 nitrogen and oxygen atoms in total. The highest BCUT2D eigenvalue weighted by atomic mass is 32.2. The van der Waals surface area contributed by atoms with Crippen molar-refractivity contribution in [3.63, 3.8) is 0 Å². The summed E-state index contributed by atoms with van der Waals surface area (Å²) in [6.45, 7) is 0. The smallest absolute Gasteiger partial charge is 0.329 e. The van der Waals surface area contributed by atoms with Gasteiger partial charge in [-0.2, -0.15) is 5.10 Å². The molecule has 0 aliphatic heterocycles. The summed E-state index contributed by atoms with van der Waals surface area (Å²) in [6.07, 6.45) is 6.49. The molecule has 2 heterocycles. The molecule has 0 unspecified atom stereocenters. The molecule has 0 atom stereocenters. The quantitative estimate of drug-likeness (QED) is 0.585. The summed E-state index contributed by atoms with van der Waals surface area (Å²) in [5, 5.41) is 10.5. The molecule has 1 aromatic carbocycles. The number of nitrogens with one attached hydrogen (secondary N) is 3. The molecular weight excluding hydrogens is 362 g/mol. The van der Waals surface area contributed by atoms with E-state index < -0.39 is 0 Å². The summed E-state index contributed by atoms with van der Waals surface area (Å²) >= 11 is 1.19. The zero-order valence-corrected chi connectivity index (χ0v) is 15.6. The van der Waals surface area contributed by atoms with Crippen molar-refractivity contribution in [1.82, 2.24) is 19.9 Å². The van der Waals surface area contributed by atoms with Crippen LogP contribution in [-0.4, -0.2) is 28.3 Å². The van der Waals surface area contributed by atoms with E-state index in [0.717, 1.165) is 41.1 Å². The molecule has 0 fully saturated rings. The van der Waals surface area contributed by atoms with Crippen LogP contribution in [0.4, 0.5) is 10.5 Å². The second kappa shape index (κ2) is 7.71. The van der Waals surface area contributed by atoms with Crippen LogP contribution in [-0.2, 0) is 12.8 Å². The SMILES string of the molecule is COc1ccc(-c2ccc3c(c2NC(=O)NSc2ccn[nH]2)CCC3)cn1. The Balaban J connectivity index is 1.61. The van der Waals surface area contributed by atoms with Gasteiger partial charge < -0.3 is 10.1 Å². The van der Waals surface area contributed by atoms with Gasteiger partial charge in [-0.25, -0.2) is 9.78 Å². The van der Waals surface area contributed by atoms with Gasteiger partial charge in [0.1, 0.15) is 5.03 Å². The highest BCUT2D eigenvalue weighted by Gasteiger charge is 2.20. The molecule has 0 radical (unpaired) electrons. The number of hydrogen-bond acceptors (Lipinski definition) is 5. The molecule has 1 aliphatic rings. The van der Waals surface area contributed by atoms with Gasteiger partial charge in [-0.1, -0.05) is 12.1 Å². The number of anilines is 1. The zero-order valence-electron chi connectivity index (χ0n) is 14.8. The number of ether oxygens (including phenoxy) is 1. The van der Waals surface area contributed by atoms with E-state index in [9.17, 15) is 4.79 Å². The maximum atomic E-state index is 12.5. The van der Waals surface area contributed by atoms with Gasteiger partial charge in [-0.05, 0) is 42.5 Å². The number of H-pyrrole nitrogens is 1. The molecule has 0 spiro atoms. The molecule has 3 N–H and O–H groups in total. The summed E-state index contributed by atoms with van der Waals surface area (Å²) in [5.41, 5.74) is 5.22. The van der Waals surface area contributed by atoms with Crippen LogP contribution in [0, 0.1) is 0 Å². The first-order valence-corrected chi connectivity index (χ1v) is 9.44. The second-order valence-electron chi connectivity index (χ2n) is 6.15. The number of fused-ring (bicyclic) bond motifs is 1. The third kappa shape index (κ3) is 3.75. The minimum Gasteiger partial charge on any atom is -0.481 e. The lowest BCUT2D eigenvalue weighted by Crippen LogP contribution is -2.24. The van der Waals surface area contributed by atoms with Gasteiger partial charge in [0.25, 0.3) is 0 Å². The van der Waals surface area contributed by atoms with Crippen molar-refractivity contribution in [2.45, 2.75) is 24.3 Å². The molecule has 3 aromatic rings. The molecule has 2 amide bonds. The second-order valence-corrected chi connectivity index (χ2v) is 7.00. The number of aromatic amines is 1. The van der Waals surface area contributed by atoms with Gasteiger partial charge in [-0.3, -0.25) is 9.82 Å². The van der Waals surface area contributed by atoms with E-state index >= 15 is 0 Å². The Bertz CT molecular complexity index is 941. The van der Waals surface area contributed by atoms with Gasteiger partial charge in [0.05, 0.1) is 12.8 Å². The summed E-state index contributed by atoms with van der Waals surface area (Å²) in [4.78, 5) is 16.8. The normalized spacial score (nSPS) is 12.5. The van der Waals surface area contributed by atoms with E-state index in [4.69, 9.17) is 4.74 Å². The predicted molar refractivity (Wildman–Crippen MR) is 105 cm³/mol. The number of nitrogens with zero attached hydrogens (tertiary/aromatic N) is 2. The summed E-state index contributed by atoms with van der Waals surface area (Å²) < 4.78 is 7.92. The van der Waals surface area contributed by atoms with Crippen LogP contribution in [0.25, 0.3) is 11.1 Å². The minimum absolute atomic E-state index is 0.280. The Kier molecular flexibility index (Phi) is 4.97. The number of hydrogen-bond donors (Lipinski definition) is 3. The molecule has 4 rings (SSSR count). The van der Waals surface area contributed by atoms with Crippen molar-refractivity contribution in [3.05, 3.63) is 53.9 Å². The number of urea groups is 1. The van der Waals surface area contributed by atoms with Crippen LogP contribution in [0.3, 0.4) is 0 Å². The Hall–Kier alpha value is -3.00. The fraction of sp³-hybridized carbons (Fsp3) is 0.211. The lowest BCUT2D eigenvalue weighted by atomic mass is 9.98. The van der Waals surface area contributed by atoms with E-state index in [1.54, 1.807) is 25.6 Å². The molecule has 2 aromatic heterocycles. The lowest BCUT2D eigenvalue weighted by molar-refractivity contribution is 0.257. The summed E-state index contributed by atoms with van der Waals surface area (Å²) in [6, 6.07) is 9.47. The molecule has 1 aliphatic carbocycles. The Morgan fingerprint density at radius 3 is 2.89 bits per heavy atom. The van der Waals surface area contributed by atoms with Crippen LogP contribution < -0.4 is 14.8 Å². The molecule has 0 saturated heterocycles. The molecule has 8 heteroatoms. The van der Waals surface area contributed by atoms with Gasteiger partial charge >= 0.3 is 6.03 Å². The predicted octanol–water partition coefficient (Wildman–Crippen LogP) is 3.80. The number of carbonyl (C=O) groups excluding carboxylic acids is 1. The van der Waals surface area contributed by atoms with Crippen LogP contribution in [0.5, 0.6) is 5.88 Å². The van der Waals surface area contributed by atoms with Crippen molar-refractivity contribution in [3.8, 4) is 17.0 Å². The average Bonchev–Trinajstić information content (AvgIpc) is 3.38. The summed E-state index contributed by atoms with van der Waals surface area (Å²) in [5.74, 6) is 0.558.